The fourth-order valence-electron chi connectivity index (χ4n) is 2.76. The lowest BCUT2D eigenvalue weighted by Gasteiger charge is -2.19. The smallest absolute Gasteiger partial charge is 0.249 e. The molecule has 3 aromatic rings. The summed E-state index contributed by atoms with van der Waals surface area (Å²) in [6.07, 6.45) is 4.52. The number of ether oxygens (including phenoxy) is 1. The average molecular weight is 353 g/mol. The highest BCUT2D eigenvalue weighted by atomic mass is 16.5. The van der Waals surface area contributed by atoms with Gasteiger partial charge in [-0.1, -0.05) is 13.8 Å². The minimum atomic E-state index is -0.298. The van der Waals surface area contributed by atoms with E-state index in [0.717, 1.165) is 17.7 Å². The normalized spacial score (nSPS) is 12.2. The van der Waals surface area contributed by atoms with E-state index in [2.05, 4.69) is 34.3 Å². The molecule has 1 atom stereocenters. The van der Waals surface area contributed by atoms with E-state index in [0.29, 0.717) is 11.7 Å². The molecule has 1 aromatic carbocycles. The zero-order valence-corrected chi connectivity index (χ0v) is 15.1. The highest BCUT2D eigenvalue weighted by Gasteiger charge is 2.22. The van der Waals surface area contributed by atoms with E-state index in [1.54, 1.807) is 7.11 Å². The third-order valence-corrected chi connectivity index (χ3v) is 4.07. The van der Waals surface area contributed by atoms with Crippen molar-refractivity contribution in [1.82, 2.24) is 19.7 Å². The summed E-state index contributed by atoms with van der Waals surface area (Å²) < 4.78 is 7.06. The first-order chi connectivity index (χ1) is 12.6. The molecule has 26 heavy (non-hydrogen) atoms. The Labute approximate surface area is 152 Å². The highest BCUT2D eigenvalue weighted by molar-refractivity contribution is 5.92. The second-order valence-electron chi connectivity index (χ2n) is 6.50. The number of anilines is 1. The monoisotopic (exact) mass is 353 g/mol. The number of nitrogens with one attached hydrogen (secondary N) is 2. The molecule has 2 heterocycles. The maximum atomic E-state index is 12.7. The Morgan fingerprint density at radius 2 is 1.92 bits per heavy atom. The van der Waals surface area contributed by atoms with Crippen LogP contribution in [0.5, 0.6) is 5.75 Å². The average Bonchev–Trinajstić information content (AvgIpc) is 3.31. The van der Waals surface area contributed by atoms with Gasteiger partial charge in [0.05, 0.1) is 7.11 Å². The van der Waals surface area contributed by atoms with Gasteiger partial charge in [0.15, 0.2) is 5.82 Å². The topological polar surface area (TPSA) is 84.8 Å². The molecule has 0 aliphatic carbocycles. The van der Waals surface area contributed by atoms with Crippen LogP contribution in [-0.4, -0.2) is 32.8 Å². The van der Waals surface area contributed by atoms with Crippen molar-refractivity contribution in [3.8, 4) is 17.1 Å². The lowest BCUT2D eigenvalue weighted by atomic mass is 10.0. The molecule has 0 saturated carbocycles. The van der Waals surface area contributed by atoms with Crippen LogP contribution in [0.3, 0.4) is 0 Å². The van der Waals surface area contributed by atoms with E-state index in [-0.39, 0.29) is 17.9 Å². The van der Waals surface area contributed by atoms with Crippen LogP contribution < -0.4 is 10.1 Å². The Morgan fingerprint density at radius 1 is 1.23 bits per heavy atom. The summed E-state index contributed by atoms with van der Waals surface area (Å²) in [5.41, 5.74) is 0.864. The molecule has 2 aromatic heterocycles. The van der Waals surface area contributed by atoms with Gasteiger partial charge >= 0.3 is 0 Å². The number of H-pyrrole nitrogens is 1. The van der Waals surface area contributed by atoms with Crippen molar-refractivity contribution in [2.75, 3.05) is 12.4 Å². The van der Waals surface area contributed by atoms with Crippen molar-refractivity contribution in [1.29, 1.82) is 0 Å². The number of rotatable bonds is 7. The quantitative estimate of drug-likeness (QED) is 0.681. The number of hydrogen-bond donors (Lipinski definition) is 2. The van der Waals surface area contributed by atoms with Gasteiger partial charge in [-0.25, -0.2) is 0 Å². The second-order valence-corrected chi connectivity index (χ2v) is 6.50. The summed E-state index contributed by atoms with van der Waals surface area (Å²) in [4.78, 5) is 17.1. The van der Waals surface area contributed by atoms with Crippen molar-refractivity contribution in [2.24, 2.45) is 5.92 Å². The molecule has 0 bridgehead atoms. The first-order valence-corrected chi connectivity index (χ1v) is 8.57. The number of aromatic nitrogens is 4. The van der Waals surface area contributed by atoms with Gasteiger partial charge in [-0.3, -0.25) is 15.2 Å². The standard InChI is InChI=1S/C19H23N5O2/c1-13(2)12-16(24-10-4-5-11-24)18(25)21-19-20-17(22-23-19)14-6-8-15(26-3)9-7-14/h4-11,13,16H,12H2,1-3H3,(H2,20,21,22,23,25)/t16-/m0/s1. The van der Waals surface area contributed by atoms with Crippen molar-refractivity contribution < 1.29 is 9.53 Å². The molecule has 0 aliphatic rings. The minimum absolute atomic E-state index is 0.129. The molecule has 2 N–H and O–H groups in total. The first-order valence-electron chi connectivity index (χ1n) is 8.57. The van der Waals surface area contributed by atoms with E-state index < -0.39 is 0 Å². The molecule has 0 unspecified atom stereocenters. The minimum Gasteiger partial charge on any atom is -0.497 e. The third kappa shape index (κ3) is 4.11. The number of methoxy groups -OCH3 is 1. The summed E-state index contributed by atoms with van der Waals surface area (Å²) in [5.74, 6) is 1.88. The molecule has 0 fully saturated rings. The predicted octanol–water partition coefficient (Wildman–Crippen LogP) is 3.51. The number of carbonyl (C=O) groups is 1. The fraction of sp³-hybridized carbons (Fsp3) is 0.316. The first kappa shape index (κ1) is 17.7. The molecule has 1 amide bonds. The largest absolute Gasteiger partial charge is 0.497 e. The van der Waals surface area contributed by atoms with Crippen LogP contribution in [0.2, 0.25) is 0 Å². The van der Waals surface area contributed by atoms with Crippen LogP contribution in [-0.2, 0) is 4.79 Å². The van der Waals surface area contributed by atoms with Gasteiger partial charge in [0.2, 0.25) is 11.9 Å². The fourth-order valence-corrected chi connectivity index (χ4v) is 2.76. The Bertz CT molecular complexity index is 837. The van der Waals surface area contributed by atoms with Crippen LogP contribution >= 0.6 is 0 Å². The van der Waals surface area contributed by atoms with Crippen LogP contribution in [0.25, 0.3) is 11.4 Å². The Hall–Kier alpha value is -3.09. The number of aromatic amines is 1. The van der Waals surface area contributed by atoms with E-state index in [9.17, 15) is 4.79 Å². The molecule has 0 radical (unpaired) electrons. The molecule has 136 valence electrons. The SMILES string of the molecule is COc1ccc(-c2nc(NC(=O)[C@H](CC(C)C)n3cccc3)n[nH]2)cc1. The van der Waals surface area contributed by atoms with Crippen LogP contribution in [0.15, 0.2) is 48.8 Å². The second kappa shape index (κ2) is 7.86. The highest BCUT2D eigenvalue weighted by Crippen LogP contribution is 2.22. The summed E-state index contributed by atoms with van der Waals surface area (Å²) in [6.45, 7) is 4.19. The Morgan fingerprint density at radius 3 is 2.54 bits per heavy atom. The van der Waals surface area contributed by atoms with Gasteiger partial charge in [0.1, 0.15) is 11.8 Å². The van der Waals surface area contributed by atoms with Crippen LogP contribution in [0.4, 0.5) is 5.95 Å². The number of nitrogens with zero attached hydrogens (tertiary/aromatic N) is 3. The van der Waals surface area contributed by atoms with Gasteiger partial charge in [-0.15, -0.1) is 5.10 Å². The molecule has 7 heteroatoms. The molecule has 3 rings (SSSR count). The van der Waals surface area contributed by atoms with Crippen LogP contribution in [0, 0.1) is 5.92 Å². The van der Waals surface area contributed by atoms with Crippen molar-refractivity contribution in [3.63, 3.8) is 0 Å². The molecular formula is C19H23N5O2. The Kier molecular flexibility index (Phi) is 5.36. The maximum absolute atomic E-state index is 12.7. The van der Waals surface area contributed by atoms with Crippen LogP contribution in [0.1, 0.15) is 26.3 Å². The van der Waals surface area contributed by atoms with E-state index in [1.807, 2.05) is 53.4 Å². The maximum Gasteiger partial charge on any atom is 0.249 e. The van der Waals surface area contributed by atoms with Gasteiger partial charge in [0, 0.05) is 18.0 Å². The van der Waals surface area contributed by atoms with Gasteiger partial charge < -0.3 is 9.30 Å². The molecule has 7 nitrogen and oxygen atoms in total. The number of amides is 1. The summed E-state index contributed by atoms with van der Waals surface area (Å²) in [5, 5.41) is 9.78. The molecule has 0 saturated heterocycles. The third-order valence-electron chi connectivity index (χ3n) is 4.07. The molecular weight excluding hydrogens is 330 g/mol. The van der Waals surface area contributed by atoms with Gasteiger partial charge in [-0.2, -0.15) is 4.98 Å². The van der Waals surface area contributed by atoms with E-state index in [4.69, 9.17) is 4.74 Å². The van der Waals surface area contributed by atoms with E-state index in [1.165, 1.54) is 0 Å². The molecule has 0 spiro atoms. The lowest BCUT2D eigenvalue weighted by Crippen LogP contribution is -2.27. The number of hydrogen-bond acceptors (Lipinski definition) is 4. The summed E-state index contributed by atoms with van der Waals surface area (Å²) in [7, 11) is 1.62. The lowest BCUT2D eigenvalue weighted by molar-refractivity contribution is -0.119. The van der Waals surface area contributed by atoms with Crippen molar-refractivity contribution in [2.45, 2.75) is 26.3 Å². The summed E-state index contributed by atoms with van der Waals surface area (Å²) >= 11 is 0. The number of benzene rings is 1. The van der Waals surface area contributed by atoms with Crippen molar-refractivity contribution in [3.05, 3.63) is 48.8 Å². The Balaban J connectivity index is 1.73. The zero-order valence-electron chi connectivity index (χ0n) is 15.1. The molecule has 0 aliphatic heterocycles. The van der Waals surface area contributed by atoms with Gasteiger partial charge in [-0.05, 0) is 48.7 Å². The number of carbonyl (C=O) groups excluding carboxylic acids is 1. The van der Waals surface area contributed by atoms with Crippen molar-refractivity contribution >= 4 is 11.9 Å². The van der Waals surface area contributed by atoms with E-state index >= 15 is 0 Å². The zero-order chi connectivity index (χ0) is 18.5. The summed E-state index contributed by atoms with van der Waals surface area (Å²) in [6, 6.07) is 11.0. The predicted molar refractivity (Wildman–Crippen MR) is 99.9 cm³/mol. The van der Waals surface area contributed by atoms with Gasteiger partial charge in [0.25, 0.3) is 0 Å².